The largest absolute Gasteiger partial charge is 0.490 e. The van der Waals surface area contributed by atoms with Gasteiger partial charge in [0.1, 0.15) is 0 Å². The molecule has 1 aromatic carbocycles. The number of thiophene rings is 1. The van der Waals surface area contributed by atoms with Crippen LogP contribution in [0.4, 0.5) is 5.13 Å². The molecule has 5 nitrogen and oxygen atoms in total. The minimum absolute atomic E-state index is 0.222. The number of anilines is 1. The molecule has 2 heterocycles. The van der Waals surface area contributed by atoms with Crippen LogP contribution >= 0.6 is 22.7 Å². The maximum absolute atomic E-state index is 12.6. The highest BCUT2D eigenvalue weighted by Gasteiger charge is 2.14. The van der Waals surface area contributed by atoms with Crippen LogP contribution in [0.3, 0.4) is 0 Å². The molecule has 0 fully saturated rings. The highest BCUT2D eigenvalue weighted by atomic mass is 32.1. The van der Waals surface area contributed by atoms with E-state index in [0.29, 0.717) is 35.4 Å². The summed E-state index contributed by atoms with van der Waals surface area (Å²) in [5, 5.41) is 7.36. The summed E-state index contributed by atoms with van der Waals surface area (Å²) >= 11 is 3.03. The van der Waals surface area contributed by atoms with E-state index in [4.69, 9.17) is 9.47 Å². The van der Waals surface area contributed by atoms with Crippen LogP contribution in [0.15, 0.2) is 41.1 Å². The van der Waals surface area contributed by atoms with Gasteiger partial charge in [0.2, 0.25) is 0 Å². The van der Waals surface area contributed by atoms with E-state index in [2.05, 4.69) is 10.3 Å². The average molecular weight is 389 g/mol. The van der Waals surface area contributed by atoms with Crippen molar-refractivity contribution in [1.29, 1.82) is 0 Å². The van der Waals surface area contributed by atoms with Gasteiger partial charge in [-0.2, -0.15) is 0 Å². The summed E-state index contributed by atoms with van der Waals surface area (Å²) in [6.07, 6.45) is 0.907. The molecule has 1 N–H and O–H groups in total. The number of thiazole rings is 1. The molecule has 0 atom stereocenters. The smallest absolute Gasteiger partial charge is 0.257 e. The van der Waals surface area contributed by atoms with Gasteiger partial charge in [0.25, 0.3) is 5.91 Å². The van der Waals surface area contributed by atoms with Crippen LogP contribution in [0.25, 0.3) is 10.6 Å². The number of carbonyl (C=O) groups excluding carboxylic acids is 1. The standard InChI is InChI=1S/C19H20N2O3S2/c1-3-9-24-15-8-7-13(11-16(15)23-4-2)18(22)21-19-20-14(12-26-19)17-6-5-10-25-17/h5-8,10-12H,3-4,9H2,1-2H3,(H,20,21,22). The minimum atomic E-state index is -0.222. The van der Waals surface area contributed by atoms with Gasteiger partial charge in [0, 0.05) is 10.9 Å². The van der Waals surface area contributed by atoms with E-state index in [9.17, 15) is 4.79 Å². The molecule has 0 radical (unpaired) electrons. The second-order valence-electron chi connectivity index (χ2n) is 5.41. The van der Waals surface area contributed by atoms with Crippen molar-refractivity contribution in [2.75, 3.05) is 18.5 Å². The van der Waals surface area contributed by atoms with E-state index < -0.39 is 0 Å². The number of benzene rings is 1. The number of rotatable bonds is 8. The highest BCUT2D eigenvalue weighted by Crippen LogP contribution is 2.30. The third kappa shape index (κ3) is 4.42. The maximum Gasteiger partial charge on any atom is 0.257 e. The van der Waals surface area contributed by atoms with E-state index in [1.165, 1.54) is 11.3 Å². The Balaban J connectivity index is 1.74. The lowest BCUT2D eigenvalue weighted by molar-refractivity contribution is 0.102. The minimum Gasteiger partial charge on any atom is -0.490 e. The normalized spacial score (nSPS) is 10.5. The zero-order valence-electron chi connectivity index (χ0n) is 14.7. The first-order valence-electron chi connectivity index (χ1n) is 8.41. The Morgan fingerprint density at radius 2 is 2.04 bits per heavy atom. The number of hydrogen-bond acceptors (Lipinski definition) is 6. The molecule has 0 bridgehead atoms. The van der Waals surface area contributed by atoms with Crippen molar-refractivity contribution in [3.8, 4) is 22.1 Å². The van der Waals surface area contributed by atoms with Crippen LogP contribution in [-0.4, -0.2) is 24.1 Å². The van der Waals surface area contributed by atoms with Crippen LogP contribution in [0.1, 0.15) is 30.6 Å². The van der Waals surface area contributed by atoms with Gasteiger partial charge in [-0.25, -0.2) is 4.98 Å². The first-order valence-corrected chi connectivity index (χ1v) is 10.2. The lowest BCUT2D eigenvalue weighted by atomic mass is 10.2. The number of hydrogen-bond donors (Lipinski definition) is 1. The molecule has 26 heavy (non-hydrogen) atoms. The van der Waals surface area contributed by atoms with Gasteiger partial charge in [-0.05, 0) is 43.0 Å². The van der Waals surface area contributed by atoms with Crippen LogP contribution in [0.2, 0.25) is 0 Å². The Kier molecular flexibility index (Phi) is 6.25. The predicted molar refractivity (Wildman–Crippen MR) is 107 cm³/mol. The lowest BCUT2D eigenvalue weighted by Gasteiger charge is -2.12. The molecule has 0 aliphatic rings. The third-order valence-corrected chi connectivity index (χ3v) is 5.12. The van der Waals surface area contributed by atoms with Gasteiger partial charge in [-0.1, -0.05) is 13.0 Å². The molecule has 0 unspecified atom stereocenters. The number of nitrogens with one attached hydrogen (secondary N) is 1. The molecule has 136 valence electrons. The van der Waals surface area contributed by atoms with E-state index in [1.54, 1.807) is 29.5 Å². The van der Waals surface area contributed by atoms with E-state index in [-0.39, 0.29) is 5.91 Å². The van der Waals surface area contributed by atoms with Crippen molar-refractivity contribution in [3.05, 3.63) is 46.7 Å². The van der Waals surface area contributed by atoms with Crippen molar-refractivity contribution in [1.82, 2.24) is 4.98 Å². The molecular weight excluding hydrogens is 368 g/mol. The van der Waals surface area contributed by atoms with Crippen LogP contribution < -0.4 is 14.8 Å². The number of amides is 1. The topological polar surface area (TPSA) is 60.5 Å². The van der Waals surface area contributed by atoms with Gasteiger partial charge in [0.15, 0.2) is 16.6 Å². The summed E-state index contributed by atoms with van der Waals surface area (Å²) in [7, 11) is 0. The lowest BCUT2D eigenvalue weighted by Crippen LogP contribution is -2.12. The second kappa shape index (κ2) is 8.82. The number of nitrogens with zero attached hydrogens (tertiary/aromatic N) is 1. The Labute approximate surface area is 160 Å². The Hall–Kier alpha value is -2.38. The fraction of sp³-hybridized carbons (Fsp3) is 0.263. The van der Waals surface area contributed by atoms with Gasteiger partial charge >= 0.3 is 0 Å². The van der Waals surface area contributed by atoms with E-state index in [0.717, 1.165) is 17.0 Å². The van der Waals surface area contributed by atoms with Crippen molar-refractivity contribution in [2.45, 2.75) is 20.3 Å². The summed E-state index contributed by atoms with van der Waals surface area (Å²) in [4.78, 5) is 18.1. The van der Waals surface area contributed by atoms with Crippen LogP contribution in [-0.2, 0) is 0 Å². The first kappa shape index (κ1) is 18.4. The van der Waals surface area contributed by atoms with Crippen LogP contribution in [0, 0.1) is 0 Å². The summed E-state index contributed by atoms with van der Waals surface area (Å²) in [5.74, 6) is 1.01. The van der Waals surface area contributed by atoms with Crippen molar-refractivity contribution >= 4 is 33.7 Å². The summed E-state index contributed by atoms with van der Waals surface area (Å²) in [6, 6.07) is 9.20. The van der Waals surface area contributed by atoms with Gasteiger partial charge < -0.3 is 9.47 Å². The van der Waals surface area contributed by atoms with Crippen molar-refractivity contribution in [3.63, 3.8) is 0 Å². The molecule has 0 saturated heterocycles. The molecule has 0 spiro atoms. The second-order valence-corrected chi connectivity index (χ2v) is 7.22. The molecule has 2 aromatic heterocycles. The van der Waals surface area contributed by atoms with Gasteiger partial charge in [-0.15, -0.1) is 22.7 Å². The number of ether oxygens (including phenoxy) is 2. The number of carbonyl (C=O) groups is 1. The molecule has 3 rings (SSSR count). The Morgan fingerprint density at radius 3 is 2.77 bits per heavy atom. The molecular formula is C19H20N2O3S2. The fourth-order valence-corrected chi connectivity index (χ4v) is 3.75. The van der Waals surface area contributed by atoms with Gasteiger partial charge in [-0.3, -0.25) is 10.1 Å². The van der Waals surface area contributed by atoms with Crippen molar-refractivity contribution < 1.29 is 14.3 Å². The quantitative estimate of drug-likeness (QED) is 0.568. The molecule has 1 amide bonds. The Bertz CT molecular complexity index is 860. The molecule has 7 heteroatoms. The van der Waals surface area contributed by atoms with E-state index >= 15 is 0 Å². The van der Waals surface area contributed by atoms with Crippen LogP contribution in [0.5, 0.6) is 11.5 Å². The zero-order valence-corrected chi connectivity index (χ0v) is 16.3. The Morgan fingerprint density at radius 1 is 1.15 bits per heavy atom. The summed E-state index contributed by atoms with van der Waals surface area (Å²) < 4.78 is 11.3. The number of aromatic nitrogens is 1. The molecule has 0 aliphatic carbocycles. The highest BCUT2D eigenvalue weighted by molar-refractivity contribution is 7.16. The zero-order chi connectivity index (χ0) is 18.4. The summed E-state index contributed by atoms with van der Waals surface area (Å²) in [6.45, 7) is 5.05. The third-order valence-electron chi connectivity index (χ3n) is 3.47. The first-order chi connectivity index (χ1) is 12.7. The van der Waals surface area contributed by atoms with Crippen molar-refractivity contribution in [2.24, 2.45) is 0 Å². The molecule has 0 aliphatic heterocycles. The summed E-state index contributed by atoms with van der Waals surface area (Å²) in [5.41, 5.74) is 1.38. The molecule has 0 saturated carbocycles. The predicted octanol–water partition coefficient (Wildman–Crippen LogP) is 5.31. The maximum atomic E-state index is 12.6. The fourth-order valence-electron chi connectivity index (χ4n) is 2.29. The average Bonchev–Trinajstić information content (AvgIpc) is 3.32. The SMILES string of the molecule is CCCOc1ccc(C(=O)Nc2nc(-c3cccs3)cs2)cc1OCC. The van der Waals surface area contributed by atoms with E-state index in [1.807, 2.05) is 36.7 Å². The molecule has 3 aromatic rings. The van der Waals surface area contributed by atoms with Gasteiger partial charge in [0.05, 0.1) is 23.8 Å². The monoisotopic (exact) mass is 388 g/mol.